The molecule has 3 rings (SSSR count). The average molecular weight is 338 g/mol. The van der Waals surface area contributed by atoms with Crippen LogP contribution in [0.2, 0.25) is 0 Å². The van der Waals surface area contributed by atoms with Crippen molar-refractivity contribution in [1.29, 1.82) is 0 Å². The lowest BCUT2D eigenvalue weighted by Gasteiger charge is -2.23. The number of fused-ring (bicyclic) bond motifs is 1. The standard InChI is InChI=1S/C20H22N2O3/c1-13-10-17(14(2)25-13)20(3,24)12-22-18(23)11-16-7-4-6-15-8-5-9-21-19(15)16/h4-10,24H,11-12H2,1-3H3,(H,22,23). The summed E-state index contributed by atoms with van der Waals surface area (Å²) in [7, 11) is 0. The molecule has 25 heavy (non-hydrogen) atoms. The van der Waals surface area contributed by atoms with E-state index in [1.165, 1.54) is 0 Å². The number of rotatable bonds is 5. The number of carbonyl (C=O) groups is 1. The van der Waals surface area contributed by atoms with E-state index in [0.717, 1.165) is 22.2 Å². The summed E-state index contributed by atoms with van der Waals surface area (Å²) in [5, 5.41) is 14.5. The normalized spacial score (nSPS) is 13.6. The third-order valence-electron chi connectivity index (χ3n) is 4.32. The maximum atomic E-state index is 12.4. The van der Waals surface area contributed by atoms with Gasteiger partial charge in [0.1, 0.15) is 17.1 Å². The highest BCUT2D eigenvalue weighted by Crippen LogP contribution is 2.26. The van der Waals surface area contributed by atoms with Gasteiger partial charge in [-0.05, 0) is 38.5 Å². The zero-order valence-corrected chi connectivity index (χ0v) is 14.7. The maximum Gasteiger partial charge on any atom is 0.224 e. The summed E-state index contributed by atoms with van der Waals surface area (Å²) < 4.78 is 5.47. The van der Waals surface area contributed by atoms with E-state index >= 15 is 0 Å². The molecule has 0 spiro atoms. The molecule has 2 heterocycles. The number of aliphatic hydroxyl groups is 1. The van der Waals surface area contributed by atoms with Crippen LogP contribution >= 0.6 is 0 Å². The highest BCUT2D eigenvalue weighted by atomic mass is 16.3. The van der Waals surface area contributed by atoms with Crippen LogP contribution in [0.4, 0.5) is 0 Å². The fraction of sp³-hybridized carbons (Fsp3) is 0.300. The largest absolute Gasteiger partial charge is 0.466 e. The van der Waals surface area contributed by atoms with Crippen LogP contribution in [0.25, 0.3) is 10.9 Å². The number of para-hydroxylation sites is 1. The van der Waals surface area contributed by atoms with E-state index in [-0.39, 0.29) is 18.9 Å². The summed E-state index contributed by atoms with van der Waals surface area (Å²) >= 11 is 0. The molecule has 0 aliphatic heterocycles. The molecule has 0 aliphatic rings. The van der Waals surface area contributed by atoms with Gasteiger partial charge in [0, 0.05) is 17.1 Å². The van der Waals surface area contributed by atoms with Gasteiger partial charge in [0.25, 0.3) is 0 Å². The SMILES string of the molecule is Cc1cc(C(C)(O)CNC(=O)Cc2cccc3cccnc23)c(C)o1. The molecule has 0 fully saturated rings. The van der Waals surface area contributed by atoms with Crippen LogP contribution in [0.15, 0.2) is 47.0 Å². The van der Waals surface area contributed by atoms with Crippen molar-refractivity contribution in [2.45, 2.75) is 32.8 Å². The Morgan fingerprint density at radius 2 is 2.04 bits per heavy atom. The second-order valence-corrected chi connectivity index (χ2v) is 6.55. The van der Waals surface area contributed by atoms with E-state index in [4.69, 9.17) is 4.42 Å². The van der Waals surface area contributed by atoms with Crippen LogP contribution in [0.3, 0.4) is 0 Å². The number of carbonyl (C=O) groups excluding carboxylic acids is 1. The topological polar surface area (TPSA) is 75.4 Å². The summed E-state index contributed by atoms with van der Waals surface area (Å²) in [6.45, 7) is 5.42. The van der Waals surface area contributed by atoms with Crippen LogP contribution in [0.1, 0.15) is 29.6 Å². The minimum absolute atomic E-state index is 0.115. The third-order valence-corrected chi connectivity index (χ3v) is 4.32. The quantitative estimate of drug-likeness (QED) is 0.750. The first-order chi connectivity index (χ1) is 11.9. The van der Waals surface area contributed by atoms with E-state index in [9.17, 15) is 9.90 Å². The van der Waals surface area contributed by atoms with E-state index < -0.39 is 5.60 Å². The van der Waals surface area contributed by atoms with E-state index in [1.54, 1.807) is 26.1 Å². The number of furan rings is 1. The fourth-order valence-electron chi connectivity index (χ4n) is 3.08. The third kappa shape index (κ3) is 3.72. The molecule has 2 N–H and O–H groups in total. The molecule has 130 valence electrons. The Morgan fingerprint density at radius 1 is 1.28 bits per heavy atom. The second kappa shape index (κ2) is 6.69. The lowest BCUT2D eigenvalue weighted by molar-refractivity contribution is -0.121. The molecule has 1 atom stereocenters. The first kappa shape index (κ1) is 17.2. The molecule has 2 aromatic heterocycles. The molecule has 3 aromatic rings. The number of nitrogens with one attached hydrogen (secondary N) is 1. The van der Waals surface area contributed by atoms with Crippen LogP contribution < -0.4 is 5.32 Å². The van der Waals surface area contributed by atoms with Gasteiger partial charge in [-0.3, -0.25) is 9.78 Å². The number of benzene rings is 1. The molecular formula is C20H22N2O3. The van der Waals surface area contributed by atoms with Crippen LogP contribution in [-0.4, -0.2) is 22.5 Å². The van der Waals surface area contributed by atoms with Crippen LogP contribution in [-0.2, 0) is 16.8 Å². The molecule has 0 bridgehead atoms. The van der Waals surface area contributed by atoms with Crippen LogP contribution in [0, 0.1) is 13.8 Å². The first-order valence-corrected chi connectivity index (χ1v) is 8.26. The van der Waals surface area contributed by atoms with Crippen molar-refractivity contribution in [2.24, 2.45) is 0 Å². The Labute approximate surface area is 146 Å². The molecular weight excluding hydrogens is 316 g/mol. The molecule has 5 nitrogen and oxygen atoms in total. The molecule has 0 aliphatic carbocycles. The zero-order valence-electron chi connectivity index (χ0n) is 14.7. The Kier molecular flexibility index (Phi) is 4.59. The number of aromatic nitrogens is 1. The summed E-state index contributed by atoms with van der Waals surface area (Å²) in [4.78, 5) is 16.7. The zero-order chi connectivity index (χ0) is 18.0. The van der Waals surface area contributed by atoms with Gasteiger partial charge in [-0.1, -0.05) is 24.3 Å². The van der Waals surface area contributed by atoms with Gasteiger partial charge < -0.3 is 14.8 Å². The molecule has 1 amide bonds. The highest BCUT2D eigenvalue weighted by Gasteiger charge is 2.28. The number of hydrogen-bond acceptors (Lipinski definition) is 4. The Bertz CT molecular complexity index is 907. The molecule has 1 unspecified atom stereocenters. The summed E-state index contributed by atoms with van der Waals surface area (Å²) in [6, 6.07) is 11.4. The molecule has 1 aromatic carbocycles. The highest BCUT2D eigenvalue weighted by molar-refractivity contribution is 5.87. The summed E-state index contributed by atoms with van der Waals surface area (Å²) in [6.07, 6.45) is 1.94. The molecule has 5 heteroatoms. The number of amides is 1. The average Bonchev–Trinajstić information content (AvgIpc) is 2.93. The van der Waals surface area contributed by atoms with Crippen LogP contribution in [0.5, 0.6) is 0 Å². The number of aryl methyl sites for hydroxylation is 2. The van der Waals surface area contributed by atoms with E-state index in [0.29, 0.717) is 11.3 Å². The monoisotopic (exact) mass is 338 g/mol. The van der Waals surface area contributed by atoms with Crippen molar-refractivity contribution < 1.29 is 14.3 Å². The predicted octanol–water partition coefficient (Wildman–Crippen LogP) is 3.01. The van der Waals surface area contributed by atoms with Crippen molar-refractivity contribution in [3.63, 3.8) is 0 Å². The lowest BCUT2D eigenvalue weighted by Crippen LogP contribution is -2.39. The van der Waals surface area contributed by atoms with Crippen molar-refractivity contribution in [3.8, 4) is 0 Å². The minimum Gasteiger partial charge on any atom is -0.466 e. The number of hydrogen-bond donors (Lipinski definition) is 2. The fourth-order valence-corrected chi connectivity index (χ4v) is 3.08. The van der Waals surface area contributed by atoms with E-state index in [2.05, 4.69) is 10.3 Å². The van der Waals surface area contributed by atoms with Gasteiger partial charge in [-0.15, -0.1) is 0 Å². The number of nitrogens with zero attached hydrogens (tertiary/aromatic N) is 1. The van der Waals surface area contributed by atoms with E-state index in [1.807, 2.05) is 37.3 Å². The van der Waals surface area contributed by atoms with Gasteiger partial charge in [-0.2, -0.15) is 0 Å². The van der Waals surface area contributed by atoms with Crippen molar-refractivity contribution in [2.75, 3.05) is 6.54 Å². The lowest BCUT2D eigenvalue weighted by atomic mass is 9.96. The Hall–Kier alpha value is -2.66. The smallest absolute Gasteiger partial charge is 0.224 e. The van der Waals surface area contributed by atoms with Gasteiger partial charge in [0.2, 0.25) is 5.91 Å². The summed E-state index contributed by atoms with van der Waals surface area (Å²) in [5.41, 5.74) is 1.20. The van der Waals surface area contributed by atoms with Crippen molar-refractivity contribution >= 4 is 16.8 Å². The minimum atomic E-state index is -1.19. The van der Waals surface area contributed by atoms with Gasteiger partial charge in [-0.25, -0.2) is 0 Å². The van der Waals surface area contributed by atoms with Gasteiger partial charge in [0.05, 0.1) is 18.5 Å². The van der Waals surface area contributed by atoms with Gasteiger partial charge in [0.15, 0.2) is 0 Å². The first-order valence-electron chi connectivity index (χ1n) is 8.26. The maximum absolute atomic E-state index is 12.4. The van der Waals surface area contributed by atoms with Crippen molar-refractivity contribution in [1.82, 2.24) is 10.3 Å². The molecule has 0 saturated heterocycles. The van der Waals surface area contributed by atoms with Crippen molar-refractivity contribution in [3.05, 3.63) is 65.2 Å². The molecule has 0 radical (unpaired) electrons. The molecule has 0 saturated carbocycles. The Balaban J connectivity index is 1.69. The number of pyridine rings is 1. The second-order valence-electron chi connectivity index (χ2n) is 6.55. The summed E-state index contributed by atoms with van der Waals surface area (Å²) in [5.74, 6) is 1.24. The van der Waals surface area contributed by atoms with Gasteiger partial charge >= 0.3 is 0 Å². The Morgan fingerprint density at radius 3 is 2.76 bits per heavy atom. The predicted molar refractivity (Wildman–Crippen MR) is 96.2 cm³/mol.